The predicted octanol–water partition coefficient (Wildman–Crippen LogP) is 4.45. The maximum absolute atomic E-state index is 11.9. The van der Waals surface area contributed by atoms with Gasteiger partial charge in [0, 0.05) is 23.2 Å². The smallest absolute Gasteiger partial charge is 0.330 e. The highest BCUT2D eigenvalue weighted by molar-refractivity contribution is 6.35. The highest BCUT2D eigenvalue weighted by Crippen LogP contribution is 2.27. The molecule has 2 aromatic rings. The third kappa shape index (κ3) is 7.89. The summed E-state index contributed by atoms with van der Waals surface area (Å²) in [7, 11) is 1.45. The Balaban J connectivity index is 2.14. The highest BCUT2D eigenvalue weighted by Gasteiger charge is 2.12. The number of rotatable bonds is 9. The van der Waals surface area contributed by atoms with Crippen LogP contribution in [0.25, 0.3) is 11.1 Å². The summed E-state index contributed by atoms with van der Waals surface area (Å²) in [5.74, 6) is -0.720. The van der Waals surface area contributed by atoms with Gasteiger partial charge in [-0.1, -0.05) is 53.5 Å². The zero-order valence-corrected chi connectivity index (χ0v) is 17.8. The molecule has 0 aliphatic rings. The molecule has 0 aliphatic heterocycles. The Morgan fingerprint density at radius 1 is 1.07 bits per heavy atom. The lowest BCUT2D eigenvalue weighted by atomic mass is 10.0. The minimum atomic E-state index is -0.452. The van der Waals surface area contributed by atoms with Gasteiger partial charge in [-0.3, -0.25) is 4.79 Å². The van der Waals surface area contributed by atoms with E-state index >= 15 is 0 Å². The molecule has 1 N–H and O–H groups in total. The SMILES string of the molecule is CCOC(=O)C=CC(Cc1ccc(-c2cc(Cl)cc(Cl)c2)cc1)NC(=O)COC. The monoisotopic (exact) mass is 435 g/mol. The lowest BCUT2D eigenvalue weighted by Gasteiger charge is -2.15. The maximum Gasteiger partial charge on any atom is 0.330 e. The third-order valence-corrected chi connectivity index (χ3v) is 4.41. The van der Waals surface area contributed by atoms with E-state index < -0.39 is 5.97 Å². The van der Waals surface area contributed by atoms with Gasteiger partial charge in [-0.2, -0.15) is 0 Å². The van der Waals surface area contributed by atoms with Gasteiger partial charge in [0.25, 0.3) is 0 Å². The number of amides is 1. The molecule has 29 heavy (non-hydrogen) atoms. The van der Waals surface area contributed by atoms with Gasteiger partial charge in [0.1, 0.15) is 6.61 Å². The first kappa shape index (κ1) is 22.9. The van der Waals surface area contributed by atoms with Crippen molar-refractivity contribution in [3.8, 4) is 11.1 Å². The first-order valence-corrected chi connectivity index (χ1v) is 9.85. The van der Waals surface area contributed by atoms with Gasteiger partial charge in [-0.05, 0) is 48.2 Å². The number of esters is 1. The van der Waals surface area contributed by atoms with E-state index in [0.29, 0.717) is 23.1 Å². The normalized spacial score (nSPS) is 12.0. The zero-order chi connectivity index (χ0) is 21.2. The van der Waals surface area contributed by atoms with Gasteiger partial charge in [-0.15, -0.1) is 0 Å². The minimum absolute atomic E-state index is 0.0573. The van der Waals surface area contributed by atoms with Crippen molar-refractivity contribution in [2.24, 2.45) is 0 Å². The first-order chi connectivity index (χ1) is 13.9. The number of benzene rings is 2. The van der Waals surface area contributed by atoms with E-state index in [0.717, 1.165) is 16.7 Å². The van der Waals surface area contributed by atoms with Gasteiger partial charge in [0.05, 0.1) is 12.6 Å². The molecule has 0 bridgehead atoms. The molecule has 7 heteroatoms. The summed E-state index contributed by atoms with van der Waals surface area (Å²) in [5, 5.41) is 3.97. The molecule has 154 valence electrons. The number of hydrogen-bond donors (Lipinski definition) is 1. The third-order valence-electron chi connectivity index (χ3n) is 3.98. The zero-order valence-electron chi connectivity index (χ0n) is 16.3. The average molecular weight is 436 g/mol. The standard InChI is InChI=1S/C22H23Cl2NO4/c1-3-29-22(27)9-8-20(25-21(26)14-28-2)10-15-4-6-16(7-5-15)17-11-18(23)13-19(24)12-17/h4-9,11-13,20H,3,10,14H2,1-2H3,(H,25,26). The molecule has 0 aliphatic carbocycles. The van der Waals surface area contributed by atoms with E-state index in [4.69, 9.17) is 32.7 Å². The van der Waals surface area contributed by atoms with Crippen LogP contribution in [0, 0.1) is 0 Å². The lowest BCUT2D eigenvalue weighted by molar-refractivity contribution is -0.137. The highest BCUT2D eigenvalue weighted by atomic mass is 35.5. The summed E-state index contributed by atoms with van der Waals surface area (Å²) in [5.41, 5.74) is 2.87. The van der Waals surface area contributed by atoms with Crippen LogP contribution in [0.3, 0.4) is 0 Å². The van der Waals surface area contributed by atoms with E-state index in [9.17, 15) is 9.59 Å². The van der Waals surface area contributed by atoms with E-state index in [2.05, 4.69) is 5.32 Å². The predicted molar refractivity (Wildman–Crippen MR) is 115 cm³/mol. The van der Waals surface area contributed by atoms with E-state index in [1.54, 1.807) is 19.1 Å². The fourth-order valence-corrected chi connectivity index (χ4v) is 3.27. The summed E-state index contributed by atoms with van der Waals surface area (Å²) >= 11 is 12.2. The Bertz CT molecular complexity index is 845. The summed E-state index contributed by atoms with van der Waals surface area (Å²) in [6.45, 7) is 1.97. The van der Waals surface area contributed by atoms with Crippen molar-refractivity contribution < 1.29 is 19.1 Å². The Hall–Kier alpha value is -2.34. The quantitative estimate of drug-likeness (QED) is 0.466. The Morgan fingerprint density at radius 2 is 1.72 bits per heavy atom. The van der Waals surface area contributed by atoms with E-state index in [-0.39, 0.29) is 18.6 Å². The number of carbonyl (C=O) groups excluding carboxylic acids is 2. The van der Waals surface area contributed by atoms with Crippen molar-refractivity contribution in [2.75, 3.05) is 20.3 Å². The number of ether oxygens (including phenoxy) is 2. The molecule has 0 fully saturated rings. The maximum atomic E-state index is 11.9. The van der Waals surface area contributed by atoms with Crippen LogP contribution in [0.1, 0.15) is 12.5 Å². The van der Waals surface area contributed by atoms with Crippen molar-refractivity contribution in [1.29, 1.82) is 0 Å². The molecule has 5 nitrogen and oxygen atoms in total. The van der Waals surface area contributed by atoms with Crippen LogP contribution in [-0.4, -0.2) is 38.2 Å². The molecule has 0 saturated heterocycles. The molecule has 0 aromatic heterocycles. The molecule has 0 spiro atoms. The Morgan fingerprint density at radius 3 is 2.31 bits per heavy atom. The van der Waals surface area contributed by atoms with Crippen molar-refractivity contribution in [3.05, 3.63) is 70.2 Å². The molecule has 0 heterocycles. The summed E-state index contributed by atoms with van der Waals surface area (Å²) < 4.78 is 9.75. The minimum Gasteiger partial charge on any atom is -0.463 e. The van der Waals surface area contributed by atoms with Crippen LogP contribution in [0.5, 0.6) is 0 Å². The topological polar surface area (TPSA) is 64.6 Å². The summed E-state index contributed by atoms with van der Waals surface area (Å²) in [6, 6.07) is 12.8. The van der Waals surface area contributed by atoms with Gasteiger partial charge in [0.15, 0.2) is 0 Å². The van der Waals surface area contributed by atoms with Crippen molar-refractivity contribution in [3.63, 3.8) is 0 Å². The van der Waals surface area contributed by atoms with Gasteiger partial charge >= 0.3 is 5.97 Å². The van der Waals surface area contributed by atoms with Crippen LogP contribution < -0.4 is 5.32 Å². The summed E-state index contributed by atoms with van der Waals surface area (Å²) in [4.78, 5) is 23.5. The molecule has 1 unspecified atom stereocenters. The van der Waals surface area contributed by atoms with Crippen molar-refractivity contribution in [2.45, 2.75) is 19.4 Å². The molecule has 2 rings (SSSR count). The van der Waals surface area contributed by atoms with E-state index in [1.807, 2.05) is 36.4 Å². The second kappa shape index (κ2) is 11.6. The lowest BCUT2D eigenvalue weighted by Crippen LogP contribution is -2.37. The van der Waals surface area contributed by atoms with Gasteiger partial charge in [0.2, 0.25) is 5.91 Å². The number of carbonyl (C=O) groups is 2. The van der Waals surface area contributed by atoms with E-state index in [1.165, 1.54) is 13.2 Å². The van der Waals surface area contributed by atoms with Gasteiger partial charge in [-0.25, -0.2) is 4.79 Å². The second-order valence-electron chi connectivity index (χ2n) is 6.28. The van der Waals surface area contributed by atoms with Crippen LogP contribution in [0.4, 0.5) is 0 Å². The van der Waals surface area contributed by atoms with Crippen molar-refractivity contribution >= 4 is 35.1 Å². The molecule has 2 aromatic carbocycles. The second-order valence-corrected chi connectivity index (χ2v) is 7.15. The number of hydrogen-bond acceptors (Lipinski definition) is 4. The molecule has 1 amide bonds. The number of methoxy groups -OCH3 is 1. The molecule has 0 radical (unpaired) electrons. The van der Waals surface area contributed by atoms with Gasteiger partial charge < -0.3 is 14.8 Å². The molecule has 0 saturated carbocycles. The number of halogens is 2. The van der Waals surface area contributed by atoms with Crippen molar-refractivity contribution in [1.82, 2.24) is 5.32 Å². The molecular weight excluding hydrogens is 413 g/mol. The summed E-state index contributed by atoms with van der Waals surface area (Å²) in [6.07, 6.45) is 3.45. The van der Waals surface area contributed by atoms with Crippen LogP contribution in [0.15, 0.2) is 54.6 Å². The first-order valence-electron chi connectivity index (χ1n) is 9.10. The molecular formula is C22H23Cl2NO4. The average Bonchev–Trinajstić information content (AvgIpc) is 2.66. The fraction of sp³-hybridized carbons (Fsp3) is 0.273. The van der Waals surface area contributed by atoms with Crippen LogP contribution in [-0.2, 0) is 25.5 Å². The van der Waals surface area contributed by atoms with Crippen LogP contribution >= 0.6 is 23.2 Å². The largest absolute Gasteiger partial charge is 0.463 e. The van der Waals surface area contributed by atoms with Crippen LogP contribution in [0.2, 0.25) is 10.0 Å². The Labute approximate surface area is 180 Å². The molecule has 1 atom stereocenters. The fourth-order valence-electron chi connectivity index (χ4n) is 2.74. The Kier molecular flexibility index (Phi) is 9.19. The number of nitrogens with one attached hydrogen (secondary N) is 1.